The van der Waals surface area contributed by atoms with Gasteiger partial charge in [-0.25, -0.2) is 0 Å². The molecule has 1 aliphatic rings. The lowest BCUT2D eigenvalue weighted by atomic mass is 9.90. The summed E-state index contributed by atoms with van der Waals surface area (Å²) in [5.74, 6) is 0.313. The van der Waals surface area contributed by atoms with Gasteiger partial charge in [-0.15, -0.1) is 0 Å². The first-order valence-corrected chi connectivity index (χ1v) is 5.03. The number of fused-ring (bicyclic) bond motifs is 1. The highest BCUT2D eigenvalue weighted by Gasteiger charge is 2.29. The summed E-state index contributed by atoms with van der Waals surface area (Å²) < 4.78 is 1.86. The van der Waals surface area contributed by atoms with Crippen LogP contribution in [0, 0.1) is 16.0 Å². The predicted molar refractivity (Wildman–Crippen MR) is 54.3 cm³/mol. The van der Waals surface area contributed by atoms with Crippen molar-refractivity contribution in [2.24, 2.45) is 11.7 Å². The standard InChI is InChI=1S/C9H14N4O2/c1-6(10)7-2-3-12-5-11-9(13(14)15)8(12)4-7/h5-7H,2-4,10H2,1H3. The van der Waals surface area contributed by atoms with Crippen molar-refractivity contribution in [2.75, 3.05) is 0 Å². The second kappa shape index (κ2) is 3.62. The molecule has 2 heterocycles. The number of nitro groups is 1. The highest BCUT2D eigenvalue weighted by atomic mass is 16.6. The van der Waals surface area contributed by atoms with Crippen LogP contribution in [-0.2, 0) is 13.0 Å². The van der Waals surface area contributed by atoms with E-state index in [0.29, 0.717) is 18.0 Å². The zero-order valence-electron chi connectivity index (χ0n) is 8.59. The van der Waals surface area contributed by atoms with Gasteiger partial charge in [0.05, 0.1) is 0 Å². The van der Waals surface area contributed by atoms with Crippen LogP contribution in [0.15, 0.2) is 6.33 Å². The van der Waals surface area contributed by atoms with Gasteiger partial charge in [0, 0.05) is 19.0 Å². The molecular formula is C9H14N4O2. The number of rotatable bonds is 2. The molecule has 0 amide bonds. The lowest BCUT2D eigenvalue weighted by Crippen LogP contribution is -2.32. The fourth-order valence-corrected chi connectivity index (χ4v) is 2.05. The summed E-state index contributed by atoms with van der Waals surface area (Å²) in [6.07, 6.45) is 3.18. The molecule has 6 heteroatoms. The van der Waals surface area contributed by atoms with Gasteiger partial charge in [0.1, 0.15) is 5.69 Å². The number of nitrogens with two attached hydrogens (primary N) is 1. The van der Waals surface area contributed by atoms with Gasteiger partial charge in [-0.1, -0.05) is 0 Å². The topological polar surface area (TPSA) is 87.0 Å². The SMILES string of the molecule is CC(N)C1CCn2cnc([N+](=O)[O-])c2C1. The van der Waals surface area contributed by atoms with Crippen LogP contribution in [0.3, 0.4) is 0 Å². The molecule has 2 rings (SSSR count). The van der Waals surface area contributed by atoms with Gasteiger partial charge in [-0.2, -0.15) is 0 Å². The van der Waals surface area contributed by atoms with Gasteiger partial charge in [0.2, 0.25) is 6.33 Å². The molecule has 6 nitrogen and oxygen atoms in total. The highest BCUT2D eigenvalue weighted by molar-refractivity contribution is 5.28. The minimum absolute atomic E-state index is 0.0136. The Balaban J connectivity index is 2.30. The summed E-state index contributed by atoms with van der Waals surface area (Å²) in [6.45, 7) is 2.73. The van der Waals surface area contributed by atoms with Gasteiger partial charge < -0.3 is 20.4 Å². The quantitative estimate of drug-likeness (QED) is 0.575. The van der Waals surface area contributed by atoms with E-state index in [0.717, 1.165) is 13.0 Å². The number of hydrogen-bond acceptors (Lipinski definition) is 4. The van der Waals surface area contributed by atoms with Crippen LogP contribution in [0.5, 0.6) is 0 Å². The smallest absolute Gasteiger partial charge is 0.358 e. The van der Waals surface area contributed by atoms with E-state index in [1.54, 1.807) is 6.33 Å². The van der Waals surface area contributed by atoms with Crippen LogP contribution in [0.1, 0.15) is 19.0 Å². The van der Waals surface area contributed by atoms with E-state index < -0.39 is 4.92 Å². The van der Waals surface area contributed by atoms with E-state index >= 15 is 0 Å². The molecule has 0 bridgehead atoms. The summed E-state index contributed by atoms with van der Waals surface area (Å²) in [6, 6.07) is 0.0771. The number of hydrogen-bond donors (Lipinski definition) is 1. The Morgan fingerprint density at radius 1 is 1.80 bits per heavy atom. The van der Waals surface area contributed by atoms with E-state index in [1.807, 2.05) is 11.5 Å². The van der Waals surface area contributed by atoms with Crippen LogP contribution >= 0.6 is 0 Å². The third kappa shape index (κ3) is 1.72. The Bertz CT molecular complexity index is 385. The van der Waals surface area contributed by atoms with Crippen molar-refractivity contribution >= 4 is 5.82 Å². The van der Waals surface area contributed by atoms with Crippen molar-refractivity contribution in [3.05, 3.63) is 22.1 Å². The molecule has 0 radical (unpaired) electrons. The summed E-state index contributed by atoms with van der Waals surface area (Å²) in [5, 5.41) is 10.7. The number of nitrogens with zero attached hydrogens (tertiary/aromatic N) is 3. The van der Waals surface area contributed by atoms with Crippen LogP contribution in [0.4, 0.5) is 5.82 Å². The van der Waals surface area contributed by atoms with Crippen molar-refractivity contribution in [1.29, 1.82) is 0 Å². The molecule has 2 atom stereocenters. The molecular weight excluding hydrogens is 196 g/mol. The maximum Gasteiger partial charge on any atom is 0.384 e. The second-order valence-corrected chi connectivity index (χ2v) is 4.08. The molecule has 0 saturated carbocycles. The first kappa shape index (κ1) is 10.1. The Morgan fingerprint density at radius 3 is 3.13 bits per heavy atom. The second-order valence-electron chi connectivity index (χ2n) is 4.08. The van der Waals surface area contributed by atoms with E-state index in [-0.39, 0.29) is 11.9 Å². The maximum atomic E-state index is 10.7. The van der Waals surface area contributed by atoms with Crippen molar-refractivity contribution in [3.8, 4) is 0 Å². The van der Waals surface area contributed by atoms with Gasteiger partial charge in [0.25, 0.3) is 0 Å². The molecule has 82 valence electrons. The van der Waals surface area contributed by atoms with E-state index in [4.69, 9.17) is 5.73 Å². The molecule has 1 aromatic heterocycles. The number of aromatic nitrogens is 2. The average Bonchev–Trinajstić information content (AvgIpc) is 2.59. The number of aryl methyl sites for hydroxylation is 1. The van der Waals surface area contributed by atoms with Gasteiger partial charge in [-0.3, -0.25) is 0 Å². The van der Waals surface area contributed by atoms with Crippen molar-refractivity contribution in [3.63, 3.8) is 0 Å². The van der Waals surface area contributed by atoms with Crippen LogP contribution in [-0.4, -0.2) is 20.5 Å². The Morgan fingerprint density at radius 2 is 2.53 bits per heavy atom. The number of imidazole rings is 1. The monoisotopic (exact) mass is 210 g/mol. The van der Waals surface area contributed by atoms with Crippen molar-refractivity contribution in [2.45, 2.75) is 32.4 Å². The third-order valence-corrected chi connectivity index (χ3v) is 3.04. The Labute approximate surface area is 87.2 Å². The summed E-state index contributed by atoms with van der Waals surface area (Å²) in [4.78, 5) is 14.1. The van der Waals surface area contributed by atoms with Gasteiger partial charge in [-0.05, 0) is 29.2 Å². The molecule has 0 saturated heterocycles. The van der Waals surface area contributed by atoms with Crippen LogP contribution < -0.4 is 5.73 Å². The molecule has 0 aromatic carbocycles. The van der Waals surface area contributed by atoms with Crippen molar-refractivity contribution < 1.29 is 4.92 Å². The summed E-state index contributed by atoms with van der Waals surface area (Å²) >= 11 is 0. The fourth-order valence-electron chi connectivity index (χ4n) is 2.05. The average molecular weight is 210 g/mol. The first-order chi connectivity index (χ1) is 7.09. The molecule has 1 aromatic rings. The normalized spacial score (nSPS) is 22.1. The van der Waals surface area contributed by atoms with E-state index in [1.165, 1.54) is 0 Å². The fraction of sp³-hybridized carbons (Fsp3) is 0.667. The molecule has 0 fully saturated rings. The van der Waals surface area contributed by atoms with Crippen molar-refractivity contribution in [1.82, 2.24) is 9.55 Å². The minimum atomic E-state index is -0.421. The van der Waals surface area contributed by atoms with Gasteiger partial charge in [0.15, 0.2) is 0 Å². The molecule has 2 N–H and O–H groups in total. The molecule has 0 aliphatic carbocycles. The third-order valence-electron chi connectivity index (χ3n) is 3.04. The molecule has 15 heavy (non-hydrogen) atoms. The van der Waals surface area contributed by atoms with Crippen LogP contribution in [0.2, 0.25) is 0 Å². The zero-order chi connectivity index (χ0) is 11.0. The molecule has 1 aliphatic heterocycles. The summed E-state index contributed by atoms with van der Waals surface area (Å²) in [7, 11) is 0. The van der Waals surface area contributed by atoms with E-state index in [2.05, 4.69) is 4.98 Å². The molecule has 2 unspecified atom stereocenters. The lowest BCUT2D eigenvalue weighted by Gasteiger charge is -2.25. The van der Waals surface area contributed by atoms with Crippen LogP contribution in [0.25, 0.3) is 0 Å². The highest BCUT2D eigenvalue weighted by Crippen LogP contribution is 2.27. The largest absolute Gasteiger partial charge is 0.384 e. The Kier molecular flexibility index (Phi) is 2.44. The summed E-state index contributed by atoms with van der Waals surface area (Å²) in [5.41, 5.74) is 6.54. The van der Waals surface area contributed by atoms with Gasteiger partial charge >= 0.3 is 5.82 Å². The minimum Gasteiger partial charge on any atom is -0.358 e. The van der Waals surface area contributed by atoms with E-state index in [9.17, 15) is 10.1 Å². The predicted octanol–water partition coefficient (Wildman–Crippen LogP) is 0.701. The maximum absolute atomic E-state index is 10.7. The molecule has 0 spiro atoms. The first-order valence-electron chi connectivity index (χ1n) is 5.03. The zero-order valence-corrected chi connectivity index (χ0v) is 8.59. The Hall–Kier alpha value is -1.43. The lowest BCUT2D eigenvalue weighted by molar-refractivity contribution is -0.390.